The van der Waals surface area contributed by atoms with Crippen LogP contribution >= 0.6 is 12.4 Å². The Morgan fingerprint density at radius 2 is 2.00 bits per heavy atom. The zero-order chi connectivity index (χ0) is 17.1. The molecule has 0 radical (unpaired) electrons. The SMILES string of the molecule is COc1cccc(COC(C)C(=O)N(C)C2CC3CCC(C2)N3)c1.Cl. The predicted molar refractivity (Wildman–Crippen MR) is 100 cm³/mol. The Labute approximate surface area is 156 Å². The van der Waals surface area contributed by atoms with E-state index in [1.807, 2.05) is 43.1 Å². The summed E-state index contributed by atoms with van der Waals surface area (Å²) in [7, 11) is 3.57. The molecule has 2 bridgehead atoms. The molecule has 2 aliphatic heterocycles. The summed E-state index contributed by atoms with van der Waals surface area (Å²) in [4.78, 5) is 14.6. The Kier molecular flexibility index (Phi) is 7.11. The number of carbonyl (C=O) groups excluding carboxylic acids is 1. The van der Waals surface area contributed by atoms with Crippen molar-refractivity contribution in [2.24, 2.45) is 0 Å². The quantitative estimate of drug-likeness (QED) is 0.838. The lowest BCUT2D eigenvalue weighted by atomic mass is 9.98. The van der Waals surface area contributed by atoms with Gasteiger partial charge in [0, 0.05) is 25.2 Å². The second kappa shape index (κ2) is 8.88. The van der Waals surface area contributed by atoms with Crippen LogP contribution in [-0.4, -0.2) is 49.2 Å². The first-order valence-electron chi connectivity index (χ1n) is 8.84. The van der Waals surface area contributed by atoms with Crippen molar-refractivity contribution in [3.05, 3.63) is 29.8 Å². The van der Waals surface area contributed by atoms with Crippen molar-refractivity contribution < 1.29 is 14.3 Å². The number of rotatable bonds is 6. The molecule has 0 spiro atoms. The lowest BCUT2D eigenvalue weighted by molar-refractivity contribution is -0.144. The van der Waals surface area contributed by atoms with Crippen molar-refractivity contribution in [3.63, 3.8) is 0 Å². The molecule has 3 rings (SSSR count). The Hall–Kier alpha value is -1.30. The summed E-state index contributed by atoms with van der Waals surface area (Å²) in [5, 5.41) is 3.62. The molecule has 1 aromatic carbocycles. The molecule has 2 saturated heterocycles. The van der Waals surface area contributed by atoms with Gasteiger partial charge in [-0.1, -0.05) is 12.1 Å². The minimum absolute atomic E-state index is 0. The molecule has 0 aliphatic carbocycles. The van der Waals surface area contributed by atoms with Gasteiger partial charge in [0.1, 0.15) is 11.9 Å². The summed E-state index contributed by atoms with van der Waals surface area (Å²) in [5.41, 5.74) is 1.01. The molecule has 3 unspecified atom stereocenters. The van der Waals surface area contributed by atoms with Crippen molar-refractivity contribution in [3.8, 4) is 5.75 Å². The molecule has 3 atom stereocenters. The second-order valence-corrected chi connectivity index (χ2v) is 7.02. The number of halogens is 1. The highest BCUT2D eigenvalue weighted by Gasteiger charge is 2.37. The van der Waals surface area contributed by atoms with E-state index in [2.05, 4.69) is 5.32 Å². The number of amides is 1. The van der Waals surface area contributed by atoms with Gasteiger partial charge in [-0.3, -0.25) is 4.79 Å². The van der Waals surface area contributed by atoms with Gasteiger partial charge in [0.05, 0.1) is 13.7 Å². The van der Waals surface area contributed by atoms with Gasteiger partial charge in [0.2, 0.25) is 0 Å². The van der Waals surface area contributed by atoms with E-state index in [-0.39, 0.29) is 18.3 Å². The van der Waals surface area contributed by atoms with Crippen LogP contribution in [0.25, 0.3) is 0 Å². The van der Waals surface area contributed by atoms with Crippen molar-refractivity contribution in [1.82, 2.24) is 10.2 Å². The second-order valence-electron chi connectivity index (χ2n) is 7.02. The fourth-order valence-corrected chi connectivity index (χ4v) is 3.86. The van der Waals surface area contributed by atoms with Crippen molar-refractivity contribution in [2.75, 3.05) is 14.2 Å². The van der Waals surface area contributed by atoms with E-state index in [1.54, 1.807) is 7.11 Å². The maximum Gasteiger partial charge on any atom is 0.251 e. The third kappa shape index (κ3) is 4.87. The van der Waals surface area contributed by atoms with E-state index in [0.717, 1.165) is 24.2 Å². The molecule has 2 heterocycles. The molecule has 2 fully saturated rings. The van der Waals surface area contributed by atoms with Gasteiger partial charge in [-0.25, -0.2) is 0 Å². The third-order valence-corrected chi connectivity index (χ3v) is 5.33. The summed E-state index contributed by atoms with van der Waals surface area (Å²) >= 11 is 0. The molecule has 140 valence electrons. The molecule has 0 aromatic heterocycles. The highest BCUT2D eigenvalue weighted by atomic mass is 35.5. The summed E-state index contributed by atoms with van der Waals surface area (Å²) in [6.07, 6.45) is 4.16. The number of methoxy groups -OCH3 is 1. The standard InChI is InChI=1S/C19H28N2O3.ClH/c1-13(24-12-14-5-4-6-18(9-14)23-3)19(22)21(2)17-10-15-7-8-16(11-17)20-15;/h4-6,9,13,15-17,20H,7-8,10-12H2,1-3H3;1H. The molecule has 2 aliphatic rings. The number of nitrogens with one attached hydrogen (secondary N) is 1. The van der Waals surface area contributed by atoms with E-state index in [9.17, 15) is 4.79 Å². The van der Waals surface area contributed by atoms with Gasteiger partial charge in [-0.2, -0.15) is 0 Å². The molecular formula is C19H29ClN2O3. The van der Waals surface area contributed by atoms with Crippen LogP contribution in [-0.2, 0) is 16.1 Å². The van der Waals surface area contributed by atoms with Gasteiger partial charge in [-0.15, -0.1) is 12.4 Å². The largest absolute Gasteiger partial charge is 0.497 e. The lowest BCUT2D eigenvalue weighted by Gasteiger charge is -2.36. The van der Waals surface area contributed by atoms with Gasteiger partial charge >= 0.3 is 0 Å². The van der Waals surface area contributed by atoms with Gasteiger partial charge in [0.25, 0.3) is 5.91 Å². The minimum atomic E-state index is -0.436. The lowest BCUT2D eigenvalue weighted by Crippen LogP contribution is -2.50. The van der Waals surface area contributed by atoms with E-state index >= 15 is 0 Å². The highest BCUT2D eigenvalue weighted by Crippen LogP contribution is 2.29. The number of hydrogen-bond acceptors (Lipinski definition) is 4. The van der Waals surface area contributed by atoms with Crippen LogP contribution in [0.4, 0.5) is 0 Å². The zero-order valence-electron chi connectivity index (χ0n) is 15.2. The molecule has 1 N–H and O–H groups in total. The number of hydrogen-bond donors (Lipinski definition) is 1. The van der Waals surface area contributed by atoms with E-state index in [0.29, 0.717) is 24.7 Å². The first kappa shape index (κ1) is 20.0. The van der Waals surface area contributed by atoms with Crippen LogP contribution in [0, 0.1) is 0 Å². The molecule has 0 saturated carbocycles. The molecule has 25 heavy (non-hydrogen) atoms. The first-order valence-corrected chi connectivity index (χ1v) is 8.84. The highest BCUT2D eigenvalue weighted by molar-refractivity contribution is 5.85. The van der Waals surface area contributed by atoms with Crippen LogP contribution in [0.15, 0.2) is 24.3 Å². The average Bonchev–Trinajstić information content (AvgIpc) is 2.96. The monoisotopic (exact) mass is 368 g/mol. The van der Waals surface area contributed by atoms with Crippen LogP contribution in [0.3, 0.4) is 0 Å². The summed E-state index contributed by atoms with van der Waals surface area (Å²) in [6, 6.07) is 9.24. The number of ether oxygens (including phenoxy) is 2. The smallest absolute Gasteiger partial charge is 0.251 e. The van der Waals surface area contributed by atoms with Crippen LogP contribution < -0.4 is 10.1 Å². The fourth-order valence-electron chi connectivity index (χ4n) is 3.86. The molecule has 5 nitrogen and oxygen atoms in total. The zero-order valence-corrected chi connectivity index (χ0v) is 16.1. The molecule has 1 aromatic rings. The Balaban J connectivity index is 0.00000225. The Bertz CT molecular complexity index is 572. The van der Waals surface area contributed by atoms with Crippen LogP contribution in [0.5, 0.6) is 5.75 Å². The Morgan fingerprint density at radius 1 is 1.32 bits per heavy atom. The van der Waals surface area contributed by atoms with Gasteiger partial charge in [0.15, 0.2) is 0 Å². The number of fused-ring (bicyclic) bond motifs is 2. The topological polar surface area (TPSA) is 50.8 Å². The van der Waals surface area contributed by atoms with Crippen LogP contribution in [0.2, 0.25) is 0 Å². The summed E-state index contributed by atoms with van der Waals surface area (Å²) < 4.78 is 11.0. The predicted octanol–water partition coefficient (Wildman–Crippen LogP) is 2.76. The fraction of sp³-hybridized carbons (Fsp3) is 0.632. The summed E-state index contributed by atoms with van der Waals surface area (Å²) in [6.45, 7) is 2.25. The van der Waals surface area contributed by atoms with E-state index < -0.39 is 6.10 Å². The number of nitrogens with zero attached hydrogens (tertiary/aromatic N) is 1. The molecule has 1 amide bonds. The molecular weight excluding hydrogens is 340 g/mol. The number of carbonyl (C=O) groups is 1. The average molecular weight is 369 g/mol. The van der Waals surface area contributed by atoms with E-state index in [4.69, 9.17) is 9.47 Å². The maximum absolute atomic E-state index is 12.7. The summed E-state index contributed by atoms with van der Waals surface area (Å²) in [5.74, 6) is 0.876. The third-order valence-electron chi connectivity index (χ3n) is 5.33. The van der Waals surface area contributed by atoms with Crippen molar-refractivity contribution in [2.45, 2.75) is 63.4 Å². The number of benzene rings is 1. The maximum atomic E-state index is 12.7. The van der Waals surface area contributed by atoms with Crippen molar-refractivity contribution in [1.29, 1.82) is 0 Å². The van der Waals surface area contributed by atoms with Gasteiger partial charge < -0.3 is 19.7 Å². The minimum Gasteiger partial charge on any atom is -0.497 e. The number of piperidine rings is 1. The molecule has 6 heteroatoms. The normalized spacial score (nSPS) is 25.8. The van der Waals surface area contributed by atoms with Crippen molar-refractivity contribution >= 4 is 18.3 Å². The Morgan fingerprint density at radius 3 is 2.64 bits per heavy atom. The van der Waals surface area contributed by atoms with Gasteiger partial charge in [-0.05, 0) is 50.3 Å². The first-order chi connectivity index (χ1) is 11.6. The number of likely N-dealkylation sites (N-methyl/N-ethyl adjacent to an activating group) is 1. The van der Waals surface area contributed by atoms with Crippen LogP contribution in [0.1, 0.15) is 38.2 Å². The van der Waals surface area contributed by atoms with E-state index in [1.165, 1.54) is 12.8 Å².